The minimum Gasteiger partial charge on any atom is -0.363 e. The molecular weight excluding hydrogens is 348 g/mol. The first kappa shape index (κ1) is 18.8. The molecule has 0 aliphatic carbocycles. The molecule has 3 nitrogen and oxygen atoms in total. The first-order chi connectivity index (χ1) is 11.4. The highest BCUT2D eigenvalue weighted by molar-refractivity contribution is 6.31. The molecule has 1 aliphatic rings. The normalized spacial score (nSPS) is 15.1. The van der Waals surface area contributed by atoms with Crippen LogP contribution >= 0.6 is 11.6 Å². The zero-order valence-electron chi connectivity index (χ0n) is 13.3. The molecule has 8 heteroatoms. The highest BCUT2D eigenvalue weighted by atomic mass is 35.5. The van der Waals surface area contributed by atoms with Gasteiger partial charge in [-0.25, -0.2) is 17.6 Å². The summed E-state index contributed by atoms with van der Waals surface area (Å²) in [6.45, 7) is 2.71. The Morgan fingerprint density at radius 1 is 0.958 bits per heavy atom. The lowest BCUT2D eigenvalue weighted by Crippen LogP contribution is -2.49. The van der Waals surface area contributed by atoms with Gasteiger partial charge in [-0.05, 0) is 6.42 Å². The Hall–Kier alpha value is -1.50. The molecule has 0 atom stereocenters. The fraction of sp³-hybridized carbons (Fsp3) is 0.562. The maximum atomic E-state index is 14.0. The molecule has 0 aromatic heterocycles. The monoisotopic (exact) mass is 366 g/mol. The molecule has 2 rings (SSSR count). The van der Waals surface area contributed by atoms with E-state index in [0.29, 0.717) is 6.42 Å². The van der Waals surface area contributed by atoms with Gasteiger partial charge in [0.2, 0.25) is 5.91 Å². The Morgan fingerprint density at radius 3 is 2.00 bits per heavy atom. The van der Waals surface area contributed by atoms with Gasteiger partial charge in [0.05, 0.1) is 0 Å². The van der Waals surface area contributed by atoms with Crippen molar-refractivity contribution in [1.82, 2.24) is 4.90 Å². The number of amides is 1. The van der Waals surface area contributed by atoms with Crippen LogP contribution in [0.25, 0.3) is 0 Å². The number of anilines is 1. The second-order valence-corrected chi connectivity index (χ2v) is 6.12. The van der Waals surface area contributed by atoms with Crippen molar-refractivity contribution in [2.75, 3.05) is 31.1 Å². The van der Waals surface area contributed by atoms with E-state index in [1.54, 1.807) is 4.90 Å². The Bertz CT molecular complexity index is 590. The summed E-state index contributed by atoms with van der Waals surface area (Å²) in [4.78, 5) is 14.8. The number of carbonyl (C=O) groups is 1. The van der Waals surface area contributed by atoms with Crippen LogP contribution < -0.4 is 4.90 Å². The minimum atomic E-state index is -1.61. The third kappa shape index (κ3) is 3.77. The van der Waals surface area contributed by atoms with Crippen molar-refractivity contribution in [2.45, 2.75) is 32.6 Å². The molecule has 1 heterocycles. The summed E-state index contributed by atoms with van der Waals surface area (Å²) < 4.78 is 55.0. The lowest BCUT2D eigenvalue weighted by molar-refractivity contribution is -0.131. The summed E-state index contributed by atoms with van der Waals surface area (Å²) in [5, 5.41) is -1.20. The van der Waals surface area contributed by atoms with Crippen LogP contribution in [0.2, 0.25) is 5.02 Å². The van der Waals surface area contributed by atoms with Crippen LogP contribution in [0, 0.1) is 23.3 Å². The van der Waals surface area contributed by atoms with E-state index >= 15 is 0 Å². The van der Waals surface area contributed by atoms with Crippen molar-refractivity contribution in [3.05, 3.63) is 28.3 Å². The van der Waals surface area contributed by atoms with Gasteiger partial charge in [-0.3, -0.25) is 4.79 Å². The third-order valence-corrected chi connectivity index (χ3v) is 4.46. The number of hydrogen-bond donors (Lipinski definition) is 0. The Labute approximate surface area is 143 Å². The van der Waals surface area contributed by atoms with E-state index in [1.807, 2.05) is 6.92 Å². The van der Waals surface area contributed by atoms with Gasteiger partial charge in [0, 0.05) is 32.6 Å². The lowest BCUT2D eigenvalue weighted by Gasteiger charge is -2.36. The van der Waals surface area contributed by atoms with E-state index in [1.165, 1.54) is 4.90 Å². The lowest BCUT2D eigenvalue weighted by atomic mass is 10.1. The average Bonchev–Trinajstić information content (AvgIpc) is 2.59. The number of piperazine rings is 1. The van der Waals surface area contributed by atoms with E-state index in [9.17, 15) is 22.4 Å². The molecule has 1 fully saturated rings. The zero-order valence-corrected chi connectivity index (χ0v) is 14.1. The van der Waals surface area contributed by atoms with Crippen molar-refractivity contribution in [3.63, 3.8) is 0 Å². The summed E-state index contributed by atoms with van der Waals surface area (Å²) >= 11 is 5.22. The molecule has 1 aromatic rings. The van der Waals surface area contributed by atoms with Crippen molar-refractivity contribution < 1.29 is 22.4 Å². The molecule has 0 unspecified atom stereocenters. The first-order valence-corrected chi connectivity index (χ1v) is 8.30. The largest absolute Gasteiger partial charge is 0.363 e. The SMILES string of the molecule is CCCCCC(=O)N1CCN(c2c(F)c(F)c(Cl)c(F)c2F)CC1. The van der Waals surface area contributed by atoms with E-state index in [2.05, 4.69) is 0 Å². The van der Waals surface area contributed by atoms with Crippen LogP contribution in [0.3, 0.4) is 0 Å². The van der Waals surface area contributed by atoms with Gasteiger partial charge in [-0.1, -0.05) is 31.4 Å². The average molecular weight is 367 g/mol. The molecule has 0 saturated carbocycles. The molecule has 1 aliphatic heterocycles. The van der Waals surface area contributed by atoms with Crippen molar-refractivity contribution >= 4 is 23.2 Å². The fourth-order valence-corrected chi connectivity index (χ4v) is 2.90. The smallest absolute Gasteiger partial charge is 0.222 e. The van der Waals surface area contributed by atoms with Crippen molar-refractivity contribution in [1.29, 1.82) is 0 Å². The van der Waals surface area contributed by atoms with Gasteiger partial charge < -0.3 is 9.80 Å². The van der Waals surface area contributed by atoms with E-state index in [4.69, 9.17) is 11.6 Å². The van der Waals surface area contributed by atoms with E-state index < -0.39 is 34.0 Å². The molecule has 134 valence electrons. The molecule has 1 saturated heterocycles. The van der Waals surface area contributed by atoms with Gasteiger partial charge in [0.1, 0.15) is 10.7 Å². The topological polar surface area (TPSA) is 23.6 Å². The highest BCUT2D eigenvalue weighted by Crippen LogP contribution is 2.33. The first-order valence-electron chi connectivity index (χ1n) is 7.92. The number of unbranched alkanes of at least 4 members (excludes halogenated alkanes) is 2. The summed E-state index contributed by atoms with van der Waals surface area (Å²) in [5.74, 6) is -6.26. The number of hydrogen-bond acceptors (Lipinski definition) is 2. The van der Waals surface area contributed by atoms with Crippen LogP contribution in [0.1, 0.15) is 32.6 Å². The standard InChI is InChI=1S/C16H19ClF4N2O/c1-2-3-4-5-10(24)22-6-8-23(9-7-22)16-14(20)12(18)11(17)13(19)15(16)21/h2-9H2,1H3. The van der Waals surface area contributed by atoms with Gasteiger partial charge in [0.25, 0.3) is 0 Å². The van der Waals surface area contributed by atoms with Crippen molar-refractivity contribution in [2.24, 2.45) is 0 Å². The van der Waals surface area contributed by atoms with Crippen LogP contribution in [0.15, 0.2) is 0 Å². The van der Waals surface area contributed by atoms with Crippen LogP contribution in [-0.2, 0) is 4.79 Å². The van der Waals surface area contributed by atoms with Crippen molar-refractivity contribution in [3.8, 4) is 0 Å². The fourth-order valence-electron chi connectivity index (χ4n) is 2.73. The summed E-state index contributed by atoms with van der Waals surface area (Å²) in [7, 11) is 0. The quantitative estimate of drug-likeness (QED) is 0.338. The third-order valence-electron chi connectivity index (χ3n) is 4.13. The van der Waals surface area contributed by atoms with Gasteiger partial charge in [-0.2, -0.15) is 0 Å². The Morgan fingerprint density at radius 2 is 1.50 bits per heavy atom. The number of benzene rings is 1. The minimum absolute atomic E-state index is 0.0162. The molecule has 0 spiro atoms. The predicted octanol–water partition coefficient (Wildman–Crippen LogP) is 4.13. The Kier molecular flexibility index (Phi) is 6.32. The van der Waals surface area contributed by atoms with Crippen LogP contribution in [0.5, 0.6) is 0 Å². The van der Waals surface area contributed by atoms with Crippen LogP contribution in [0.4, 0.5) is 23.2 Å². The highest BCUT2D eigenvalue weighted by Gasteiger charge is 2.30. The number of carbonyl (C=O) groups excluding carboxylic acids is 1. The maximum absolute atomic E-state index is 14.0. The number of nitrogens with zero attached hydrogens (tertiary/aromatic N) is 2. The summed E-state index contributed by atoms with van der Waals surface area (Å²) in [6, 6.07) is 0. The molecule has 0 radical (unpaired) electrons. The van der Waals surface area contributed by atoms with E-state index in [-0.39, 0.29) is 32.1 Å². The zero-order chi connectivity index (χ0) is 17.9. The van der Waals surface area contributed by atoms with Crippen LogP contribution in [-0.4, -0.2) is 37.0 Å². The molecule has 24 heavy (non-hydrogen) atoms. The molecule has 1 amide bonds. The Balaban J connectivity index is 2.07. The van der Waals surface area contributed by atoms with E-state index in [0.717, 1.165) is 19.3 Å². The number of rotatable bonds is 5. The predicted molar refractivity (Wildman–Crippen MR) is 84.2 cm³/mol. The molecular formula is C16H19ClF4N2O. The van der Waals surface area contributed by atoms with Gasteiger partial charge in [-0.15, -0.1) is 0 Å². The van der Waals surface area contributed by atoms with Gasteiger partial charge in [0.15, 0.2) is 23.3 Å². The molecule has 0 bridgehead atoms. The summed E-state index contributed by atoms with van der Waals surface area (Å²) in [5.41, 5.74) is -0.771. The molecule has 0 N–H and O–H groups in total. The summed E-state index contributed by atoms with van der Waals surface area (Å²) in [6.07, 6.45) is 3.20. The molecule has 1 aromatic carbocycles. The second-order valence-electron chi connectivity index (χ2n) is 5.74. The number of halogens is 5. The second kappa shape index (κ2) is 8.05. The maximum Gasteiger partial charge on any atom is 0.222 e. The van der Waals surface area contributed by atoms with Gasteiger partial charge >= 0.3 is 0 Å².